The standard InChI is InChI=1S/C23H21ClN6O3/c1-16-14-28(15-26-16)22-20(33-2)12-17(13-25-22)4-9-21(31)27-30-11-3-10-29(23(30)32)19-7-5-18(24)6-8-19/h3-9,11-15H,10H2,1-2H3,(H,27,31). The molecular formula is C23H21ClN6O3. The van der Waals surface area contributed by atoms with Crippen molar-refractivity contribution in [2.45, 2.75) is 6.92 Å². The van der Waals surface area contributed by atoms with Crippen molar-refractivity contribution in [3.05, 3.63) is 83.7 Å². The van der Waals surface area contributed by atoms with Gasteiger partial charge in [-0.3, -0.25) is 19.7 Å². The number of hydrogen-bond donors (Lipinski definition) is 1. The fourth-order valence-electron chi connectivity index (χ4n) is 3.20. The summed E-state index contributed by atoms with van der Waals surface area (Å²) >= 11 is 5.92. The molecule has 0 saturated carbocycles. The number of imidazole rings is 1. The fourth-order valence-corrected chi connectivity index (χ4v) is 3.33. The van der Waals surface area contributed by atoms with E-state index >= 15 is 0 Å². The number of rotatable bonds is 6. The number of pyridine rings is 1. The number of aromatic nitrogens is 3. The normalized spacial score (nSPS) is 13.6. The monoisotopic (exact) mass is 464 g/mol. The largest absolute Gasteiger partial charge is 0.493 e. The lowest BCUT2D eigenvalue weighted by molar-refractivity contribution is -0.119. The van der Waals surface area contributed by atoms with Gasteiger partial charge in [-0.25, -0.2) is 19.8 Å². The van der Waals surface area contributed by atoms with Crippen molar-refractivity contribution in [1.82, 2.24) is 25.0 Å². The van der Waals surface area contributed by atoms with Crippen LogP contribution in [0.4, 0.5) is 10.5 Å². The summed E-state index contributed by atoms with van der Waals surface area (Å²) in [4.78, 5) is 35.3. The molecule has 1 aliphatic heterocycles. The van der Waals surface area contributed by atoms with E-state index in [1.54, 1.807) is 66.7 Å². The van der Waals surface area contributed by atoms with E-state index in [1.807, 2.05) is 13.1 Å². The molecule has 9 nitrogen and oxygen atoms in total. The zero-order valence-corrected chi connectivity index (χ0v) is 18.7. The van der Waals surface area contributed by atoms with Gasteiger partial charge in [0.1, 0.15) is 6.33 Å². The van der Waals surface area contributed by atoms with E-state index in [2.05, 4.69) is 15.4 Å². The van der Waals surface area contributed by atoms with Crippen LogP contribution < -0.4 is 15.1 Å². The number of hydrazine groups is 1. The lowest BCUT2D eigenvalue weighted by atomic mass is 10.2. The molecule has 0 unspecified atom stereocenters. The molecule has 0 spiro atoms. The number of halogens is 1. The van der Waals surface area contributed by atoms with Crippen LogP contribution in [0.1, 0.15) is 11.3 Å². The van der Waals surface area contributed by atoms with Gasteiger partial charge >= 0.3 is 6.03 Å². The molecule has 0 atom stereocenters. The Morgan fingerprint density at radius 3 is 2.73 bits per heavy atom. The zero-order valence-electron chi connectivity index (χ0n) is 18.0. The lowest BCUT2D eigenvalue weighted by Gasteiger charge is -2.31. The highest BCUT2D eigenvalue weighted by molar-refractivity contribution is 6.30. The lowest BCUT2D eigenvalue weighted by Crippen LogP contribution is -2.51. The summed E-state index contributed by atoms with van der Waals surface area (Å²) in [7, 11) is 1.55. The van der Waals surface area contributed by atoms with Gasteiger partial charge in [0.2, 0.25) is 0 Å². The Hall–Kier alpha value is -4.11. The number of urea groups is 1. The van der Waals surface area contributed by atoms with E-state index in [0.29, 0.717) is 34.4 Å². The van der Waals surface area contributed by atoms with Crippen LogP contribution in [0.2, 0.25) is 5.02 Å². The van der Waals surface area contributed by atoms with E-state index in [4.69, 9.17) is 16.3 Å². The highest BCUT2D eigenvalue weighted by Crippen LogP contribution is 2.23. The number of carbonyl (C=O) groups is 2. The molecule has 3 heterocycles. The predicted octanol–water partition coefficient (Wildman–Crippen LogP) is 3.74. The number of methoxy groups -OCH3 is 1. The smallest absolute Gasteiger partial charge is 0.347 e. The van der Waals surface area contributed by atoms with Crippen molar-refractivity contribution >= 4 is 35.3 Å². The molecule has 168 valence electrons. The van der Waals surface area contributed by atoms with Gasteiger partial charge in [0, 0.05) is 41.9 Å². The second-order valence-electron chi connectivity index (χ2n) is 7.15. The van der Waals surface area contributed by atoms with Gasteiger partial charge in [0.05, 0.1) is 12.8 Å². The maximum atomic E-state index is 12.8. The molecule has 0 aliphatic carbocycles. The van der Waals surface area contributed by atoms with E-state index in [0.717, 1.165) is 10.7 Å². The summed E-state index contributed by atoms with van der Waals surface area (Å²) in [6.45, 7) is 2.27. The number of nitrogens with zero attached hydrogens (tertiary/aromatic N) is 5. The second-order valence-corrected chi connectivity index (χ2v) is 7.59. The molecule has 4 rings (SSSR count). The third-order valence-electron chi connectivity index (χ3n) is 4.81. The van der Waals surface area contributed by atoms with Crippen LogP contribution in [0.5, 0.6) is 5.75 Å². The summed E-state index contributed by atoms with van der Waals surface area (Å²) in [5.74, 6) is 0.646. The van der Waals surface area contributed by atoms with Gasteiger partial charge in [0.15, 0.2) is 11.6 Å². The van der Waals surface area contributed by atoms with E-state index in [-0.39, 0.29) is 6.03 Å². The third kappa shape index (κ3) is 5.04. The number of carbonyl (C=O) groups excluding carboxylic acids is 2. The highest BCUT2D eigenvalue weighted by Gasteiger charge is 2.24. The average molecular weight is 465 g/mol. The quantitative estimate of drug-likeness (QED) is 0.561. The van der Waals surface area contributed by atoms with Gasteiger partial charge in [-0.05, 0) is 55.0 Å². The van der Waals surface area contributed by atoms with Crippen molar-refractivity contribution in [2.75, 3.05) is 18.6 Å². The molecule has 1 aromatic carbocycles. The Balaban J connectivity index is 1.43. The molecular weight excluding hydrogens is 444 g/mol. The summed E-state index contributed by atoms with van der Waals surface area (Å²) < 4.78 is 7.19. The molecule has 0 bridgehead atoms. The molecule has 3 aromatic rings. The number of hydrogen-bond acceptors (Lipinski definition) is 5. The molecule has 0 fully saturated rings. The van der Waals surface area contributed by atoms with Gasteiger partial charge in [-0.1, -0.05) is 11.6 Å². The Morgan fingerprint density at radius 1 is 1.24 bits per heavy atom. The Labute approximate surface area is 195 Å². The van der Waals surface area contributed by atoms with Crippen LogP contribution in [0.25, 0.3) is 11.9 Å². The van der Waals surface area contributed by atoms with Crippen LogP contribution in [0, 0.1) is 6.92 Å². The van der Waals surface area contributed by atoms with Crippen molar-refractivity contribution in [1.29, 1.82) is 0 Å². The first kappa shape index (κ1) is 22.1. The Kier molecular flexibility index (Phi) is 6.41. The molecule has 10 heteroatoms. The molecule has 1 aliphatic rings. The SMILES string of the molecule is COc1cc(C=CC(=O)NN2C=CCN(c3ccc(Cl)cc3)C2=O)cnc1-n1cnc(C)c1. The topological polar surface area (TPSA) is 92.6 Å². The first-order valence-corrected chi connectivity index (χ1v) is 10.4. The van der Waals surface area contributed by atoms with Crippen LogP contribution >= 0.6 is 11.6 Å². The van der Waals surface area contributed by atoms with Crippen LogP contribution in [0.3, 0.4) is 0 Å². The fraction of sp³-hybridized carbons (Fsp3) is 0.130. The number of benzene rings is 1. The summed E-state index contributed by atoms with van der Waals surface area (Å²) in [6.07, 6.45) is 11.3. The number of aryl methyl sites for hydroxylation is 1. The Morgan fingerprint density at radius 2 is 2.03 bits per heavy atom. The van der Waals surface area contributed by atoms with Crippen molar-refractivity contribution in [2.24, 2.45) is 0 Å². The van der Waals surface area contributed by atoms with E-state index in [1.165, 1.54) is 17.2 Å². The molecule has 33 heavy (non-hydrogen) atoms. The minimum absolute atomic E-state index is 0.384. The summed E-state index contributed by atoms with van der Waals surface area (Å²) in [5, 5.41) is 1.71. The maximum absolute atomic E-state index is 12.8. The molecule has 3 amide bonds. The first-order valence-electron chi connectivity index (χ1n) is 10.0. The predicted molar refractivity (Wildman–Crippen MR) is 125 cm³/mol. The van der Waals surface area contributed by atoms with E-state index < -0.39 is 5.91 Å². The van der Waals surface area contributed by atoms with Crippen molar-refractivity contribution in [3.63, 3.8) is 0 Å². The minimum atomic E-state index is -0.473. The second kappa shape index (κ2) is 9.58. The maximum Gasteiger partial charge on any atom is 0.347 e. The summed E-state index contributed by atoms with van der Waals surface area (Å²) in [5.41, 5.74) is 4.75. The molecule has 0 saturated heterocycles. The van der Waals surface area contributed by atoms with Crippen LogP contribution in [0.15, 0.2) is 67.4 Å². The minimum Gasteiger partial charge on any atom is -0.493 e. The number of ether oxygens (including phenoxy) is 1. The van der Waals surface area contributed by atoms with Gasteiger partial charge < -0.3 is 4.74 Å². The number of anilines is 1. The number of nitrogens with one attached hydrogen (secondary N) is 1. The molecule has 1 N–H and O–H groups in total. The van der Waals surface area contributed by atoms with Crippen LogP contribution in [-0.2, 0) is 4.79 Å². The molecule has 2 aromatic heterocycles. The molecule has 0 radical (unpaired) electrons. The zero-order chi connectivity index (χ0) is 23.4. The van der Waals surface area contributed by atoms with Gasteiger partial charge in [-0.2, -0.15) is 0 Å². The van der Waals surface area contributed by atoms with Gasteiger partial charge in [0.25, 0.3) is 5.91 Å². The van der Waals surface area contributed by atoms with E-state index in [9.17, 15) is 9.59 Å². The first-order chi connectivity index (χ1) is 15.9. The summed E-state index contributed by atoms with van der Waals surface area (Å²) in [6, 6.07) is 8.27. The van der Waals surface area contributed by atoms with Crippen LogP contribution in [-0.4, -0.2) is 45.1 Å². The Bertz CT molecular complexity index is 1240. The third-order valence-corrected chi connectivity index (χ3v) is 5.06. The average Bonchev–Trinajstić information content (AvgIpc) is 3.25. The highest BCUT2D eigenvalue weighted by atomic mass is 35.5. The number of amides is 3. The van der Waals surface area contributed by atoms with Crippen molar-refractivity contribution in [3.8, 4) is 11.6 Å². The van der Waals surface area contributed by atoms with Crippen molar-refractivity contribution < 1.29 is 14.3 Å². The van der Waals surface area contributed by atoms with Gasteiger partial charge in [-0.15, -0.1) is 0 Å².